The minimum Gasteiger partial charge on any atom is -0.481 e. The van der Waals surface area contributed by atoms with Crippen LogP contribution in [0.1, 0.15) is 107 Å². The third-order valence-corrected chi connectivity index (χ3v) is 3.50. The van der Waals surface area contributed by atoms with Gasteiger partial charge in [0.05, 0.1) is 11.8 Å². The molecular weight excluding hydrogens is 451 g/mol. The summed E-state index contributed by atoms with van der Waals surface area (Å²) in [6.07, 6.45) is 7.10. The van der Waals surface area contributed by atoms with Crippen LogP contribution in [0.3, 0.4) is 0 Å². The van der Waals surface area contributed by atoms with Crippen LogP contribution in [0.4, 0.5) is 0 Å². The quantitative estimate of drug-likeness (QED) is 0.322. The first-order chi connectivity index (χ1) is 12.9. The van der Waals surface area contributed by atoms with Crippen molar-refractivity contribution in [1.29, 1.82) is 0 Å². The smallest absolute Gasteiger partial charge is 0.306 e. The van der Waals surface area contributed by atoms with E-state index in [1.165, 1.54) is 0 Å². The molecule has 4 N–H and O–H groups in total. The fourth-order valence-electron chi connectivity index (χ4n) is 1.91. The number of aliphatic hydroxyl groups excluding tert-OH is 2. The van der Waals surface area contributed by atoms with Crippen molar-refractivity contribution in [1.82, 2.24) is 0 Å². The predicted octanol–water partition coefficient (Wildman–Crippen LogP) is 5.35. The van der Waals surface area contributed by atoms with Crippen LogP contribution in [0.5, 0.6) is 0 Å². The number of aliphatic carboxylic acids is 2. The van der Waals surface area contributed by atoms with E-state index in [0.29, 0.717) is 0 Å². The molecule has 2 unspecified atom stereocenters. The van der Waals surface area contributed by atoms with Crippen LogP contribution in [0, 0.1) is 11.8 Å². The molecule has 0 spiro atoms. The van der Waals surface area contributed by atoms with Crippen LogP contribution >= 0.6 is 0 Å². The van der Waals surface area contributed by atoms with Gasteiger partial charge in [0, 0.05) is 38.4 Å². The molecule has 0 aliphatic rings. The summed E-state index contributed by atoms with van der Waals surface area (Å²) in [6.45, 7) is 14.9. The van der Waals surface area contributed by atoms with Crippen LogP contribution in [0.25, 0.3) is 0 Å². The van der Waals surface area contributed by atoms with Crippen LogP contribution in [-0.2, 0) is 35.8 Å². The molecule has 6 nitrogen and oxygen atoms in total. The number of aliphatic hydroxyl groups is 2. The van der Waals surface area contributed by atoms with Gasteiger partial charge in [0.1, 0.15) is 0 Å². The molecule has 0 saturated heterocycles. The number of hydrogen-bond acceptors (Lipinski definition) is 4. The van der Waals surface area contributed by atoms with Gasteiger partial charge < -0.3 is 20.4 Å². The Morgan fingerprint density at radius 3 is 0.966 bits per heavy atom. The van der Waals surface area contributed by atoms with Crippen LogP contribution < -0.4 is 0 Å². The normalized spacial score (nSPS) is 11.4. The van der Waals surface area contributed by atoms with E-state index in [-0.39, 0.29) is 50.2 Å². The molecule has 0 aliphatic heterocycles. The maximum Gasteiger partial charge on any atom is 0.306 e. The van der Waals surface area contributed by atoms with Gasteiger partial charge in [-0.05, 0) is 53.4 Å². The Balaban J connectivity index is -0.0000000950. The standard InChI is InChI=1S/2C8H16O2.2C3H8O.Zr/c2*1-3-5-6-7(4-2)8(9)10;2*1-3(2)4;/h2*7H,3-6H2,1-2H3,(H,9,10);2*3-4H,1-2H3;. The van der Waals surface area contributed by atoms with E-state index in [4.69, 9.17) is 20.4 Å². The molecule has 0 rings (SSSR count). The molecule has 0 aromatic heterocycles. The van der Waals surface area contributed by atoms with E-state index >= 15 is 0 Å². The van der Waals surface area contributed by atoms with Gasteiger partial charge in [-0.15, -0.1) is 0 Å². The van der Waals surface area contributed by atoms with Gasteiger partial charge in [0.25, 0.3) is 0 Å². The average molecular weight is 500 g/mol. The number of unbranched alkanes of at least 4 members (excludes halogenated alkanes) is 2. The van der Waals surface area contributed by atoms with Gasteiger partial charge in [0.2, 0.25) is 0 Å². The molecule has 0 radical (unpaired) electrons. The van der Waals surface area contributed by atoms with Crippen molar-refractivity contribution < 1.29 is 56.2 Å². The van der Waals surface area contributed by atoms with Crippen molar-refractivity contribution >= 4 is 11.9 Å². The molecule has 0 aromatic rings. The summed E-state index contributed by atoms with van der Waals surface area (Å²) < 4.78 is 0. The van der Waals surface area contributed by atoms with Crippen molar-refractivity contribution in [3.8, 4) is 0 Å². The Morgan fingerprint density at radius 2 is 0.862 bits per heavy atom. The minimum absolute atomic E-state index is 0. The van der Waals surface area contributed by atoms with Crippen LogP contribution in [0.2, 0.25) is 0 Å². The molecule has 0 saturated carbocycles. The van der Waals surface area contributed by atoms with Crippen molar-refractivity contribution in [3.05, 3.63) is 0 Å². The van der Waals surface area contributed by atoms with Gasteiger partial charge >= 0.3 is 11.9 Å². The largest absolute Gasteiger partial charge is 0.481 e. The minimum atomic E-state index is -0.643. The van der Waals surface area contributed by atoms with E-state index in [0.717, 1.165) is 51.4 Å². The Bertz CT molecular complexity index is 298. The van der Waals surface area contributed by atoms with E-state index in [1.807, 2.05) is 13.8 Å². The Hall–Kier alpha value is -0.257. The second-order valence-corrected chi connectivity index (χ2v) is 7.36. The van der Waals surface area contributed by atoms with Crippen molar-refractivity contribution in [2.75, 3.05) is 0 Å². The van der Waals surface area contributed by atoms with Crippen molar-refractivity contribution in [2.45, 2.75) is 119 Å². The Kier molecular flexibility index (Phi) is 40.5. The number of hydrogen-bond donors (Lipinski definition) is 4. The molecule has 176 valence electrons. The fourth-order valence-corrected chi connectivity index (χ4v) is 1.91. The van der Waals surface area contributed by atoms with E-state index in [1.54, 1.807) is 27.7 Å². The number of carboxylic acids is 2. The molecule has 0 aliphatic carbocycles. The van der Waals surface area contributed by atoms with Gasteiger partial charge in [-0.25, -0.2) is 0 Å². The molecule has 0 fully saturated rings. The Labute approximate surface area is 198 Å². The third kappa shape index (κ3) is 47.2. The number of rotatable bonds is 10. The molecule has 0 aromatic carbocycles. The van der Waals surface area contributed by atoms with Gasteiger partial charge in [0.15, 0.2) is 0 Å². The monoisotopic (exact) mass is 498 g/mol. The molecule has 0 bridgehead atoms. The molecule has 0 heterocycles. The molecule has 7 heteroatoms. The maximum atomic E-state index is 10.4. The zero-order valence-corrected chi connectivity index (χ0v) is 22.5. The molecule has 2 atom stereocenters. The zero-order chi connectivity index (χ0) is 23.1. The maximum absolute atomic E-state index is 10.4. The van der Waals surface area contributed by atoms with E-state index < -0.39 is 11.9 Å². The zero-order valence-electron chi connectivity index (χ0n) is 20.1. The second kappa shape index (κ2) is 29.9. The predicted molar refractivity (Wildman–Crippen MR) is 117 cm³/mol. The van der Waals surface area contributed by atoms with Gasteiger partial charge in [-0.3, -0.25) is 9.59 Å². The third-order valence-electron chi connectivity index (χ3n) is 3.50. The second-order valence-electron chi connectivity index (χ2n) is 7.36. The van der Waals surface area contributed by atoms with Gasteiger partial charge in [-0.1, -0.05) is 53.4 Å². The summed E-state index contributed by atoms with van der Waals surface area (Å²) in [6, 6.07) is 0. The summed E-state index contributed by atoms with van der Waals surface area (Å²) in [5, 5.41) is 33.3. The number of carboxylic acid groups (broad SMARTS) is 2. The topological polar surface area (TPSA) is 115 Å². The summed E-state index contributed by atoms with van der Waals surface area (Å²) in [5.41, 5.74) is 0. The van der Waals surface area contributed by atoms with Crippen molar-refractivity contribution in [2.24, 2.45) is 11.8 Å². The number of carbonyl (C=O) groups is 2. The fraction of sp³-hybridized carbons (Fsp3) is 0.909. The summed E-state index contributed by atoms with van der Waals surface area (Å²) in [7, 11) is 0. The average Bonchev–Trinajstić information content (AvgIpc) is 2.55. The first-order valence-corrected chi connectivity index (χ1v) is 10.7. The SMILES string of the molecule is CC(C)O.CC(C)O.CCCCC(CC)C(=O)O.CCCCC(CC)C(=O)O.[Zr]. The van der Waals surface area contributed by atoms with E-state index in [2.05, 4.69) is 13.8 Å². The first-order valence-electron chi connectivity index (χ1n) is 10.7. The first kappa shape index (κ1) is 39.2. The van der Waals surface area contributed by atoms with Crippen molar-refractivity contribution in [3.63, 3.8) is 0 Å². The summed E-state index contributed by atoms with van der Waals surface area (Å²) >= 11 is 0. The molecule has 0 amide bonds. The summed E-state index contributed by atoms with van der Waals surface area (Å²) in [5.74, 6) is -1.51. The molecular formula is C22H48O6Zr. The Morgan fingerprint density at radius 1 is 0.655 bits per heavy atom. The summed E-state index contributed by atoms with van der Waals surface area (Å²) in [4.78, 5) is 20.9. The van der Waals surface area contributed by atoms with Crippen LogP contribution in [0.15, 0.2) is 0 Å². The van der Waals surface area contributed by atoms with E-state index in [9.17, 15) is 9.59 Å². The van der Waals surface area contributed by atoms with Gasteiger partial charge in [-0.2, -0.15) is 0 Å². The van der Waals surface area contributed by atoms with Crippen LogP contribution in [-0.4, -0.2) is 44.6 Å². The molecule has 29 heavy (non-hydrogen) atoms.